The predicted octanol–water partition coefficient (Wildman–Crippen LogP) is 1.97. The van der Waals surface area contributed by atoms with Gasteiger partial charge in [-0.05, 0) is 30.2 Å². The van der Waals surface area contributed by atoms with Crippen molar-refractivity contribution in [2.75, 3.05) is 0 Å². The number of benzene rings is 2. The smallest absolute Gasteiger partial charge is 0.252 e. The van der Waals surface area contributed by atoms with Gasteiger partial charge in [0.05, 0.1) is 6.07 Å². The molecule has 112 valence electrons. The van der Waals surface area contributed by atoms with Crippen molar-refractivity contribution in [1.29, 1.82) is 5.26 Å². The predicted molar refractivity (Wildman–Crippen MR) is 83.8 cm³/mol. The summed E-state index contributed by atoms with van der Waals surface area (Å²) in [7, 11) is 0. The highest BCUT2D eigenvalue weighted by atomic mass is 16.2. The standard InChI is InChI=1S/C17H17N3O2/c1-11(10-18)9-15(16(19)21)20-17(22)14-8-4-6-12-5-2-3-7-13(12)14/h2-8,11,15H,9H2,1H3,(H2,19,21)(H,20,22)/t11-,15-/m1/s1. The van der Waals surface area contributed by atoms with Gasteiger partial charge in [-0.3, -0.25) is 9.59 Å². The van der Waals surface area contributed by atoms with E-state index in [1.807, 2.05) is 36.4 Å². The van der Waals surface area contributed by atoms with Gasteiger partial charge in [0.15, 0.2) is 0 Å². The highest BCUT2D eigenvalue weighted by Gasteiger charge is 2.22. The molecule has 0 aromatic heterocycles. The Labute approximate surface area is 128 Å². The number of carbonyl (C=O) groups is 2. The van der Waals surface area contributed by atoms with Gasteiger partial charge in [0, 0.05) is 11.5 Å². The minimum Gasteiger partial charge on any atom is -0.368 e. The Balaban J connectivity index is 2.26. The summed E-state index contributed by atoms with van der Waals surface area (Å²) in [6, 6.07) is 14.1. The number of hydrogen-bond donors (Lipinski definition) is 2. The molecule has 5 heteroatoms. The van der Waals surface area contributed by atoms with Crippen LogP contribution in [0.4, 0.5) is 0 Å². The van der Waals surface area contributed by atoms with Gasteiger partial charge in [-0.1, -0.05) is 36.4 Å². The first kappa shape index (κ1) is 15.5. The van der Waals surface area contributed by atoms with E-state index in [2.05, 4.69) is 5.32 Å². The molecular weight excluding hydrogens is 278 g/mol. The molecule has 2 aromatic rings. The topological polar surface area (TPSA) is 96.0 Å². The quantitative estimate of drug-likeness (QED) is 0.882. The maximum absolute atomic E-state index is 12.4. The van der Waals surface area contributed by atoms with Crippen LogP contribution in [0.1, 0.15) is 23.7 Å². The number of carbonyl (C=O) groups excluding carboxylic acids is 2. The molecule has 0 unspecified atom stereocenters. The summed E-state index contributed by atoms with van der Waals surface area (Å²) in [6.45, 7) is 1.68. The largest absolute Gasteiger partial charge is 0.368 e. The first-order valence-corrected chi connectivity index (χ1v) is 7.00. The van der Waals surface area contributed by atoms with E-state index in [9.17, 15) is 9.59 Å². The molecule has 2 amide bonds. The fourth-order valence-corrected chi connectivity index (χ4v) is 2.31. The van der Waals surface area contributed by atoms with Crippen molar-refractivity contribution < 1.29 is 9.59 Å². The van der Waals surface area contributed by atoms with Crippen molar-refractivity contribution in [3.8, 4) is 6.07 Å². The van der Waals surface area contributed by atoms with E-state index in [1.165, 1.54) is 0 Å². The Morgan fingerprint density at radius 3 is 2.59 bits per heavy atom. The zero-order chi connectivity index (χ0) is 16.1. The van der Waals surface area contributed by atoms with Crippen molar-refractivity contribution in [2.45, 2.75) is 19.4 Å². The van der Waals surface area contributed by atoms with Crippen LogP contribution in [-0.4, -0.2) is 17.9 Å². The van der Waals surface area contributed by atoms with Gasteiger partial charge in [0.25, 0.3) is 5.91 Å². The molecule has 2 aromatic carbocycles. The molecular formula is C17H17N3O2. The summed E-state index contributed by atoms with van der Waals surface area (Å²) in [6.07, 6.45) is 0.197. The molecule has 0 heterocycles. The summed E-state index contributed by atoms with van der Waals surface area (Å²) in [5, 5.41) is 13.2. The monoisotopic (exact) mass is 295 g/mol. The first-order chi connectivity index (χ1) is 10.5. The first-order valence-electron chi connectivity index (χ1n) is 7.00. The maximum atomic E-state index is 12.4. The van der Waals surface area contributed by atoms with E-state index < -0.39 is 11.9 Å². The van der Waals surface area contributed by atoms with E-state index in [0.717, 1.165) is 10.8 Å². The van der Waals surface area contributed by atoms with Gasteiger partial charge < -0.3 is 11.1 Å². The van der Waals surface area contributed by atoms with Crippen LogP contribution in [0.5, 0.6) is 0 Å². The molecule has 0 fully saturated rings. The minimum atomic E-state index is -0.860. The molecule has 2 rings (SSSR count). The molecule has 0 spiro atoms. The summed E-state index contributed by atoms with van der Waals surface area (Å²) in [5.74, 6) is -1.38. The molecule has 0 saturated carbocycles. The van der Waals surface area contributed by atoms with Gasteiger partial charge in [-0.15, -0.1) is 0 Å². The lowest BCUT2D eigenvalue weighted by molar-refractivity contribution is -0.120. The second kappa shape index (κ2) is 6.72. The number of rotatable bonds is 5. The number of nitrogens with zero attached hydrogens (tertiary/aromatic N) is 1. The van der Waals surface area contributed by atoms with E-state index in [4.69, 9.17) is 11.0 Å². The summed E-state index contributed by atoms with van der Waals surface area (Å²) >= 11 is 0. The van der Waals surface area contributed by atoms with Gasteiger partial charge in [-0.2, -0.15) is 5.26 Å². The van der Waals surface area contributed by atoms with Gasteiger partial charge in [0.1, 0.15) is 6.04 Å². The number of nitrogens with two attached hydrogens (primary N) is 1. The number of primary amides is 1. The molecule has 0 radical (unpaired) electrons. The van der Waals surface area contributed by atoms with Crippen LogP contribution in [-0.2, 0) is 4.79 Å². The second-order valence-corrected chi connectivity index (χ2v) is 5.22. The van der Waals surface area contributed by atoms with Crippen molar-refractivity contribution in [3.63, 3.8) is 0 Å². The third-order valence-electron chi connectivity index (χ3n) is 3.49. The Hall–Kier alpha value is -2.87. The molecule has 2 atom stereocenters. The highest BCUT2D eigenvalue weighted by molar-refractivity contribution is 6.08. The van der Waals surface area contributed by atoms with Crippen LogP contribution >= 0.6 is 0 Å². The van der Waals surface area contributed by atoms with Crippen molar-refractivity contribution in [3.05, 3.63) is 48.0 Å². The van der Waals surface area contributed by atoms with Crippen molar-refractivity contribution in [2.24, 2.45) is 11.7 Å². The zero-order valence-electron chi connectivity index (χ0n) is 12.2. The van der Waals surface area contributed by atoms with Crippen LogP contribution in [0.2, 0.25) is 0 Å². The number of nitriles is 1. The lowest BCUT2D eigenvalue weighted by Crippen LogP contribution is -2.45. The van der Waals surface area contributed by atoms with E-state index >= 15 is 0 Å². The second-order valence-electron chi connectivity index (χ2n) is 5.22. The number of fused-ring (bicyclic) bond motifs is 1. The Morgan fingerprint density at radius 2 is 1.91 bits per heavy atom. The number of nitrogens with one attached hydrogen (secondary N) is 1. The van der Waals surface area contributed by atoms with Gasteiger partial charge in [0.2, 0.25) is 5.91 Å². The zero-order valence-corrected chi connectivity index (χ0v) is 12.2. The maximum Gasteiger partial charge on any atom is 0.252 e. The summed E-state index contributed by atoms with van der Waals surface area (Å²) in [5.41, 5.74) is 5.80. The van der Waals surface area contributed by atoms with Crippen LogP contribution in [0.15, 0.2) is 42.5 Å². The van der Waals surface area contributed by atoms with Gasteiger partial charge >= 0.3 is 0 Å². The molecule has 22 heavy (non-hydrogen) atoms. The van der Waals surface area contributed by atoms with Crippen LogP contribution in [0.25, 0.3) is 10.8 Å². The number of amides is 2. The lowest BCUT2D eigenvalue weighted by atomic mass is 10.0. The van der Waals surface area contributed by atoms with Crippen LogP contribution in [0.3, 0.4) is 0 Å². The molecule has 3 N–H and O–H groups in total. The Morgan fingerprint density at radius 1 is 1.23 bits per heavy atom. The molecule has 0 aliphatic rings. The third kappa shape index (κ3) is 3.41. The number of hydrogen-bond acceptors (Lipinski definition) is 3. The van der Waals surface area contributed by atoms with E-state index in [0.29, 0.717) is 5.56 Å². The normalized spacial score (nSPS) is 13.1. The average molecular weight is 295 g/mol. The molecule has 0 saturated heterocycles. The Kier molecular flexibility index (Phi) is 4.74. The van der Waals surface area contributed by atoms with Crippen LogP contribution in [0, 0.1) is 17.2 Å². The Bertz CT molecular complexity index is 744. The molecule has 0 bridgehead atoms. The van der Waals surface area contributed by atoms with E-state index in [1.54, 1.807) is 19.1 Å². The molecule has 5 nitrogen and oxygen atoms in total. The SMILES string of the molecule is C[C@@H](C#N)C[C@@H](NC(=O)c1cccc2ccccc12)C(N)=O. The van der Waals surface area contributed by atoms with Crippen LogP contribution < -0.4 is 11.1 Å². The third-order valence-corrected chi connectivity index (χ3v) is 3.49. The minimum absolute atomic E-state index is 0.197. The fourth-order valence-electron chi connectivity index (χ4n) is 2.31. The van der Waals surface area contributed by atoms with Crippen molar-refractivity contribution in [1.82, 2.24) is 5.32 Å². The van der Waals surface area contributed by atoms with Gasteiger partial charge in [-0.25, -0.2) is 0 Å². The molecule has 0 aliphatic carbocycles. The highest BCUT2D eigenvalue weighted by Crippen LogP contribution is 2.18. The lowest BCUT2D eigenvalue weighted by Gasteiger charge is -2.17. The summed E-state index contributed by atoms with van der Waals surface area (Å²) < 4.78 is 0. The fraction of sp³-hybridized carbons (Fsp3) is 0.235. The molecule has 0 aliphatic heterocycles. The van der Waals surface area contributed by atoms with Crippen molar-refractivity contribution >= 4 is 22.6 Å². The summed E-state index contributed by atoms with van der Waals surface area (Å²) in [4.78, 5) is 23.9. The van der Waals surface area contributed by atoms with E-state index in [-0.39, 0.29) is 18.2 Å². The average Bonchev–Trinajstić information content (AvgIpc) is 2.53.